The second-order valence-electron chi connectivity index (χ2n) is 7.03. The summed E-state index contributed by atoms with van der Waals surface area (Å²) in [5, 5.41) is 10.8. The normalized spacial score (nSPS) is 11.6. The average molecular weight is 463 g/mol. The topological polar surface area (TPSA) is 162 Å². The third-order valence-electron chi connectivity index (χ3n) is 4.67. The highest BCUT2D eigenvalue weighted by Crippen LogP contribution is 2.26. The fourth-order valence-corrected chi connectivity index (χ4v) is 4.33. The number of carbonyl (C=O) groups excluding carboxylic acids is 1. The van der Waals surface area contributed by atoms with Gasteiger partial charge in [0.1, 0.15) is 0 Å². The molecular formula is C20H24N5O6S-. The average Bonchev–Trinajstić information content (AvgIpc) is 3.10. The highest BCUT2D eigenvalue weighted by atomic mass is 32.2. The van der Waals surface area contributed by atoms with Crippen LogP contribution in [0.25, 0.3) is 11.2 Å². The van der Waals surface area contributed by atoms with Crippen LogP contribution in [0.4, 0.5) is 5.82 Å². The van der Waals surface area contributed by atoms with Gasteiger partial charge in [0.05, 0.1) is 24.4 Å². The molecule has 1 aromatic carbocycles. The van der Waals surface area contributed by atoms with Gasteiger partial charge in [0.2, 0.25) is 0 Å². The lowest BCUT2D eigenvalue weighted by Crippen LogP contribution is -2.24. The van der Waals surface area contributed by atoms with Crippen molar-refractivity contribution >= 4 is 32.8 Å². The third kappa shape index (κ3) is 5.25. The van der Waals surface area contributed by atoms with Crippen LogP contribution in [0.2, 0.25) is 0 Å². The van der Waals surface area contributed by atoms with Crippen molar-refractivity contribution in [2.45, 2.75) is 37.6 Å². The summed E-state index contributed by atoms with van der Waals surface area (Å²) in [6.07, 6.45) is 1.38. The van der Waals surface area contributed by atoms with E-state index in [4.69, 9.17) is 15.2 Å². The first-order chi connectivity index (χ1) is 15.2. The van der Waals surface area contributed by atoms with Gasteiger partial charge in [0.15, 0.2) is 26.8 Å². The Morgan fingerprint density at radius 1 is 1.25 bits per heavy atom. The SMILES string of the molecule is CCCCOc1nc(N)c2nc(OC)n(CCS(=O)(=O)c3cccc(CC(=O)[O-])c3)c2n1. The number of aromatic nitrogens is 4. The molecule has 0 spiro atoms. The number of benzene rings is 1. The number of methoxy groups -OCH3 is 1. The summed E-state index contributed by atoms with van der Waals surface area (Å²) in [7, 11) is -2.35. The van der Waals surface area contributed by atoms with Crippen molar-refractivity contribution in [2.75, 3.05) is 25.2 Å². The number of rotatable bonds is 11. The monoisotopic (exact) mass is 462 g/mol. The van der Waals surface area contributed by atoms with E-state index in [2.05, 4.69) is 15.0 Å². The molecule has 0 atom stereocenters. The van der Waals surface area contributed by atoms with Gasteiger partial charge >= 0.3 is 6.01 Å². The highest BCUT2D eigenvalue weighted by molar-refractivity contribution is 7.91. The maximum Gasteiger partial charge on any atom is 0.320 e. The third-order valence-corrected chi connectivity index (χ3v) is 6.36. The summed E-state index contributed by atoms with van der Waals surface area (Å²) < 4.78 is 38.1. The molecule has 32 heavy (non-hydrogen) atoms. The van der Waals surface area contributed by atoms with Crippen LogP contribution in [0.3, 0.4) is 0 Å². The molecule has 0 aliphatic carbocycles. The van der Waals surface area contributed by atoms with Gasteiger partial charge in [-0.05, 0) is 24.1 Å². The van der Waals surface area contributed by atoms with Crippen LogP contribution in [-0.4, -0.2) is 53.4 Å². The van der Waals surface area contributed by atoms with Crippen LogP contribution in [0.1, 0.15) is 25.3 Å². The first kappa shape index (κ1) is 23.3. The number of sulfone groups is 1. The van der Waals surface area contributed by atoms with Crippen molar-refractivity contribution < 1.29 is 27.8 Å². The number of anilines is 1. The van der Waals surface area contributed by atoms with Crippen LogP contribution >= 0.6 is 0 Å². The molecule has 172 valence electrons. The van der Waals surface area contributed by atoms with Crippen LogP contribution in [0.5, 0.6) is 12.0 Å². The Morgan fingerprint density at radius 3 is 2.72 bits per heavy atom. The number of nitrogens with zero attached hydrogens (tertiary/aromatic N) is 4. The van der Waals surface area contributed by atoms with E-state index in [1.165, 1.54) is 35.9 Å². The molecule has 3 rings (SSSR count). The minimum Gasteiger partial charge on any atom is -0.550 e. The minimum absolute atomic E-state index is 0.0114. The minimum atomic E-state index is -3.75. The van der Waals surface area contributed by atoms with Crippen LogP contribution in [-0.2, 0) is 27.6 Å². The van der Waals surface area contributed by atoms with Gasteiger partial charge in [-0.25, -0.2) is 8.42 Å². The molecule has 11 nitrogen and oxygen atoms in total. The summed E-state index contributed by atoms with van der Waals surface area (Å²) in [6.45, 7) is 2.41. The van der Waals surface area contributed by atoms with Crippen molar-refractivity contribution in [2.24, 2.45) is 0 Å². The van der Waals surface area contributed by atoms with Crippen molar-refractivity contribution in [3.05, 3.63) is 29.8 Å². The number of unbranched alkanes of at least 4 members (excludes halogenated alkanes) is 1. The van der Waals surface area contributed by atoms with Crippen molar-refractivity contribution in [1.29, 1.82) is 0 Å². The van der Waals surface area contributed by atoms with Crippen molar-refractivity contribution in [1.82, 2.24) is 19.5 Å². The van der Waals surface area contributed by atoms with Crippen molar-refractivity contribution in [3.63, 3.8) is 0 Å². The quantitative estimate of drug-likeness (QED) is 0.394. The van der Waals surface area contributed by atoms with Crippen LogP contribution in [0, 0.1) is 0 Å². The summed E-state index contributed by atoms with van der Waals surface area (Å²) in [6, 6.07) is 5.97. The lowest BCUT2D eigenvalue weighted by Gasteiger charge is -2.10. The number of nitrogens with two attached hydrogens (primary N) is 1. The number of aryl methyl sites for hydroxylation is 1. The fraction of sp³-hybridized carbons (Fsp3) is 0.400. The number of ether oxygens (including phenoxy) is 2. The molecule has 0 aliphatic heterocycles. The highest BCUT2D eigenvalue weighted by Gasteiger charge is 2.21. The molecule has 0 unspecified atom stereocenters. The standard InChI is InChI=1S/C20H25N5O6S/c1-3-4-9-31-19-23-17(21)16-18(24-19)25(20(22-16)30-2)8-10-32(28,29)14-7-5-6-13(11-14)12-15(26)27/h5-7,11H,3-4,8-10,12H2,1-2H3,(H,26,27)(H2,21,23,24)/p-1. The van der Waals surface area contributed by atoms with E-state index in [9.17, 15) is 18.3 Å². The van der Waals surface area contributed by atoms with Crippen LogP contribution in [0.15, 0.2) is 29.2 Å². The number of fused-ring (bicyclic) bond motifs is 1. The number of carboxylic acid groups (broad SMARTS) is 1. The Morgan fingerprint density at radius 2 is 2.03 bits per heavy atom. The van der Waals surface area contributed by atoms with E-state index in [-0.39, 0.29) is 47.0 Å². The Kier molecular flexibility index (Phi) is 7.13. The predicted molar refractivity (Wildman–Crippen MR) is 114 cm³/mol. The number of nitrogen functional groups attached to an aromatic ring is 1. The molecule has 2 aromatic heterocycles. The van der Waals surface area contributed by atoms with Crippen molar-refractivity contribution in [3.8, 4) is 12.0 Å². The fourth-order valence-electron chi connectivity index (χ4n) is 3.06. The van der Waals surface area contributed by atoms with Gasteiger partial charge in [-0.1, -0.05) is 25.5 Å². The zero-order valence-electron chi connectivity index (χ0n) is 17.8. The Bertz CT molecular complexity index is 1220. The lowest BCUT2D eigenvalue weighted by atomic mass is 10.2. The molecule has 0 saturated carbocycles. The zero-order chi connectivity index (χ0) is 23.3. The Labute approximate surface area is 185 Å². The summed E-state index contributed by atoms with van der Waals surface area (Å²) >= 11 is 0. The maximum atomic E-state index is 12.9. The zero-order valence-corrected chi connectivity index (χ0v) is 18.6. The van der Waals surface area contributed by atoms with E-state index in [0.29, 0.717) is 17.8 Å². The smallest absolute Gasteiger partial charge is 0.320 e. The van der Waals surface area contributed by atoms with Gasteiger partial charge < -0.3 is 25.1 Å². The summed E-state index contributed by atoms with van der Waals surface area (Å²) in [5.74, 6) is -1.50. The number of carboxylic acids is 1. The molecule has 2 heterocycles. The van der Waals surface area contributed by atoms with Gasteiger partial charge in [-0.15, -0.1) is 0 Å². The van der Waals surface area contributed by atoms with Gasteiger partial charge in [0.25, 0.3) is 6.01 Å². The number of hydrogen-bond acceptors (Lipinski definition) is 10. The molecule has 0 fully saturated rings. The van der Waals surface area contributed by atoms with E-state index < -0.39 is 15.8 Å². The lowest BCUT2D eigenvalue weighted by molar-refractivity contribution is -0.304. The molecule has 2 N–H and O–H groups in total. The molecule has 0 bridgehead atoms. The van der Waals surface area contributed by atoms with E-state index in [1.807, 2.05) is 6.92 Å². The van der Waals surface area contributed by atoms with E-state index in [0.717, 1.165) is 12.8 Å². The molecule has 12 heteroatoms. The maximum absolute atomic E-state index is 12.9. The first-order valence-electron chi connectivity index (χ1n) is 9.97. The molecule has 0 aliphatic rings. The largest absolute Gasteiger partial charge is 0.550 e. The number of imidazole rings is 1. The molecule has 3 aromatic rings. The van der Waals surface area contributed by atoms with E-state index >= 15 is 0 Å². The summed E-state index contributed by atoms with van der Waals surface area (Å²) in [5.41, 5.74) is 6.90. The van der Waals surface area contributed by atoms with Crippen LogP contribution < -0.4 is 20.3 Å². The summed E-state index contributed by atoms with van der Waals surface area (Å²) in [4.78, 5) is 23.5. The number of hydrogen-bond donors (Lipinski definition) is 1. The second kappa shape index (κ2) is 9.81. The Hall–Kier alpha value is -3.41. The second-order valence-corrected chi connectivity index (χ2v) is 9.14. The molecule has 0 amide bonds. The van der Waals surface area contributed by atoms with Gasteiger partial charge in [-0.2, -0.15) is 15.0 Å². The predicted octanol–water partition coefficient (Wildman–Crippen LogP) is 0.362. The molecular weight excluding hydrogens is 438 g/mol. The number of carbonyl (C=O) groups is 1. The first-order valence-corrected chi connectivity index (χ1v) is 11.6. The molecule has 0 radical (unpaired) electrons. The van der Waals surface area contributed by atoms with Gasteiger partial charge in [0, 0.05) is 18.9 Å². The Balaban J connectivity index is 1.89. The molecule has 0 saturated heterocycles. The van der Waals surface area contributed by atoms with Gasteiger partial charge in [-0.3, -0.25) is 4.57 Å². The number of aliphatic carboxylic acids is 1. The van der Waals surface area contributed by atoms with E-state index in [1.54, 1.807) is 0 Å².